The van der Waals surface area contributed by atoms with Crippen molar-refractivity contribution in [3.8, 4) is 0 Å². The van der Waals surface area contributed by atoms with Gasteiger partial charge in [-0.15, -0.1) is 0 Å². The highest BCUT2D eigenvalue weighted by Crippen LogP contribution is 2.41. The van der Waals surface area contributed by atoms with Gasteiger partial charge < -0.3 is 10.2 Å². The first-order valence-corrected chi connectivity index (χ1v) is 10.9. The topological polar surface area (TPSA) is 70.5 Å². The average Bonchev–Trinajstić information content (AvgIpc) is 3.12. The van der Waals surface area contributed by atoms with E-state index in [1.165, 1.54) is 5.57 Å². The van der Waals surface area contributed by atoms with Crippen LogP contribution >= 0.6 is 0 Å². The fourth-order valence-electron chi connectivity index (χ4n) is 5.48. The summed E-state index contributed by atoms with van der Waals surface area (Å²) in [5.41, 5.74) is 1.89. The molecule has 2 bridgehead atoms. The van der Waals surface area contributed by atoms with E-state index in [1.54, 1.807) is 24.0 Å². The van der Waals surface area contributed by atoms with E-state index >= 15 is 0 Å². The van der Waals surface area contributed by atoms with Crippen LogP contribution in [0.5, 0.6) is 0 Å². The number of hydrogen-bond donors (Lipinski definition) is 1. The molecule has 29 heavy (non-hydrogen) atoms. The molecule has 1 N–H and O–H groups in total. The quantitative estimate of drug-likeness (QED) is 0.767. The van der Waals surface area contributed by atoms with Crippen molar-refractivity contribution in [2.24, 2.45) is 18.9 Å². The molecule has 0 aromatic carbocycles. The van der Waals surface area contributed by atoms with Crippen LogP contribution in [0.1, 0.15) is 50.0 Å². The van der Waals surface area contributed by atoms with Crippen molar-refractivity contribution in [1.29, 1.82) is 0 Å². The number of aromatic nitrogens is 2. The number of hydrogen-bond acceptors (Lipinski definition) is 4. The third-order valence-corrected chi connectivity index (χ3v) is 6.86. The summed E-state index contributed by atoms with van der Waals surface area (Å²) in [5, 5.41) is 7.18. The molecule has 3 fully saturated rings. The van der Waals surface area contributed by atoms with Gasteiger partial charge in [-0.3, -0.25) is 19.2 Å². The Morgan fingerprint density at radius 2 is 2.10 bits per heavy atom. The molecular weight excluding hydrogens is 366 g/mol. The van der Waals surface area contributed by atoms with Gasteiger partial charge in [-0.25, -0.2) is 0 Å². The lowest BCUT2D eigenvalue weighted by atomic mass is 9.72. The molecule has 0 saturated carbocycles. The lowest BCUT2D eigenvalue weighted by molar-refractivity contribution is -0.152. The second-order valence-corrected chi connectivity index (χ2v) is 9.13. The van der Waals surface area contributed by atoms with Crippen molar-refractivity contribution in [1.82, 2.24) is 24.9 Å². The first-order chi connectivity index (χ1) is 13.9. The summed E-state index contributed by atoms with van der Waals surface area (Å²) in [6.07, 6.45) is 7.81. The first-order valence-electron chi connectivity index (χ1n) is 10.9. The molecule has 7 heteroatoms. The lowest BCUT2D eigenvalue weighted by Crippen LogP contribution is -2.67. The predicted octanol–water partition coefficient (Wildman–Crippen LogP) is 1.82. The summed E-state index contributed by atoms with van der Waals surface area (Å²) in [7, 11) is 1.77. The molecule has 1 aromatic heterocycles. The number of aryl methyl sites for hydroxylation is 1. The van der Waals surface area contributed by atoms with E-state index in [9.17, 15) is 9.59 Å². The number of amides is 2. The zero-order valence-electron chi connectivity index (χ0n) is 17.8. The number of nitrogens with zero attached hydrogens (tertiary/aromatic N) is 4. The number of rotatable bonds is 5. The fraction of sp³-hybridized carbons (Fsp3) is 0.682. The minimum absolute atomic E-state index is 0.0794. The Kier molecular flexibility index (Phi) is 5.76. The highest BCUT2D eigenvalue weighted by Gasteiger charge is 2.49. The van der Waals surface area contributed by atoms with E-state index in [2.05, 4.69) is 40.1 Å². The van der Waals surface area contributed by atoms with Crippen molar-refractivity contribution in [3.05, 3.63) is 29.6 Å². The van der Waals surface area contributed by atoms with Crippen LogP contribution in [-0.4, -0.2) is 69.7 Å². The normalized spacial score (nSPS) is 29.3. The predicted molar refractivity (Wildman–Crippen MR) is 111 cm³/mol. The summed E-state index contributed by atoms with van der Waals surface area (Å²) in [6.45, 7) is 7.84. The Hall–Kier alpha value is -2.15. The van der Waals surface area contributed by atoms with Crippen molar-refractivity contribution < 1.29 is 9.59 Å². The van der Waals surface area contributed by atoms with Gasteiger partial charge in [0, 0.05) is 51.9 Å². The van der Waals surface area contributed by atoms with E-state index in [0.29, 0.717) is 36.5 Å². The molecule has 2 amide bonds. The van der Waals surface area contributed by atoms with E-state index in [1.807, 2.05) is 0 Å². The number of likely N-dealkylation sites (tertiary alicyclic amines) is 1. The zero-order valence-corrected chi connectivity index (χ0v) is 17.8. The first kappa shape index (κ1) is 20.1. The molecule has 4 atom stereocenters. The zero-order chi connectivity index (χ0) is 20.5. The fourth-order valence-corrected chi connectivity index (χ4v) is 5.48. The SMILES string of the molecule is CC(C)=CCN1C[C@H]2C[C@@H](C1)[C@H](CNC(=O)c1ccnn1C)N1C(=O)CCC[C@@H]21. The Bertz CT molecular complexity index is 797. The van der Waals surface area contributed by atoms with E-state index < -0.39 is 0 Å². The second-order valence-electron chi connectivity index (χ2n) is 9.13. The maximum absolute atomic E-state index is 12.9. The molecule has 0 aliphatic carbocycles. The summed E-state index contributed by atoms with van der Waals surface area (Å²) in [5.74, 6) is 1.11. The molecule has 158 valence electrons. The largest absolute Gasteiger partial charge is 0.349 e. The van der Waals surface area contributed by atoms with Crippen molar-refractivity contribution in [2.75, 3.05) is 26.2 Å². The highest BCUT2D eigenvalue weighted by atomic mass is 16.2. The molecule has 3 aliphatic heterocycles. The number of nitrogens with one attached hydrogen (secondary N) is 1. The van der Waals surface area contributed by atoms with Crippen LogP contribution in [0.4, 0.5) is 0 Å². The van der Waals surface area contributed by atoms with Crippen LogP contribution in [-0.2, 0) is 11.8 Å². The van der Waals surface area contributed by atoms with E-state index in [4.69, 9.17) is 0 Å². The standard InChI is InChI=1S/C22H33N5O2/c1-15(2)8-10-26-13-16-11-17(14-26)20(27-18(16)5-4-6-21(27)28)12-23-22(29)19-7-9-24-25(19)3/h7-9,16-18,20H,4-6,10-14H2,1-3H3,(H,23,29)/t16-,17+,18+,20+/m1/s1. The van der Waals surface area contributed by atoms with Crippen LogP contribution in [0.25, 0.3) is 0 Å². The van der Waals surface area contributed by atoms with Crippen LogP contribution in [0, 0.1) is 11.8 Å². The van der Waals surface area contributed by atoms with Crippen LogP contribution in [0.2, 0.25) is 0 Å². The molecule has 0 spiro atoms. The van der Waals surface area contributed by atoms with Gasteiger partial charge in [0.25, 0.3) is 5.91 Å². The number of carbonyl (C=O) groups is 2. The molecule has 3 saturated heterocycles. The van der Waals surface area contributed by atoms with Crippen LogP contribution in [0.3, 0.4) is 0 Å². The number of fused-ring (bicyclic) bond motifs is 4. The van der Waals surface area contributed by atoms with E-state index in [-0.39, 0.29) is 17.9 Å². The van der Waals surface area contributed by atoms with Crippen LogP contribution < -0.4 is 5.32 Å². The van der Waals surface area contributed by atoms with Gasteiger partial charge in [-0.05, 0) is 51.0 Å². The van der Waals surface area contributed by atoms with Gasteiger partial charge in [0.15, 0.2) is 0 Å². The summed E-state index contributed by atoms with van der Waals surface area (Å²) < 4.78 is 1.59. The molecule has 1 aromatic rings. The lowest BCUT2D eigenvalue weighted by Gasteiger charge is -2.56. The Morgan fingerprint density at radius 1 is 1.31 bits per heavy atom. The molecular formula is C22H33N5O2. The Morgan fingerprint density at radius 3 is 2.83 bits per heavy atom. The maximum atomic E-state index is 12.9. The second kappa shape index (κ2) is 8.30. The van der Waals surface area contributed by atoms with Crippen molar-refractivity contribution in [2.45, 2.75) is 51.6 Å². The molecule has 4 heterocycles. The van der Waals surface area contributed by atoms with Gasteiger partial charge in [-0.2, -0.15) is 5.10 Å². The smallest absolute Gasteiger partial charge is 0.269 e. The van der Waals surface area contributed by atoms with Gasteiger partial charge >= 0.3 is 0 Å². The Balaban J connectivity index is 1.51. The third kappa shape index (κ3) is 4.10. The van der Waals surface area contributed by atoms with Crippen molar-refractivity contribution in [3.63, 3.8) is 0 Å². The third-order valence-electron chi connectivity index (χ3n) is 6.86. The van der Waals surface area contributed by atoms with E-state index in [0.717, 1.165) is 38.9 Å². The Labute approximate surface area is 173 Å². The molecule has 0 radical (unpaired) electrons. The molecule has 7 nitrogen and oxygen atoms in total. The van der Waals surface area contributed by atoms with Crippen molar-refractivity contribution >= 4 is 11.8 Å². The van der Waals surface area contributed by atoms with Gasteiger partial charge in [0.05, 0.1) is 6.04 Å². The molecule has 0 unspecified atom stereocenters. The minimum atomic E-state index is -0.120. The summed E-state index contributed by atoms with van der Waals surface area (Å²) in [6, 6.07) is 2.12. The van der Waals surface area contributed by atoms with Crippen LogP contribution in [0.15, 0.2) is 23.9 Å². The highest BCUT2D eigenvalue weighted by molar-refractivity contribution is 5.92. The average molecular weight is 400 g/mol. The number of allylic oxidation sites excluding steroid dienone is 1. The molecule has 3 aliphatic rings. The molecule has 4 rings (SSSR count). The maximum Gasteiger partial charge on any atom is 0.269 e. The summed E-state index contributed by atoms with van der Waals surface area (Å²) in [4.78, 5) is 30.2. The van der Waals surface area contributed by atoms with Gasteiger partial charge in [-0.1, -0.05) is 11.6 Å². The minimum Gasteiger partial charge on any atom is -0.349 e. The summed E-state index contributed by atoms with van der Waals surface area (Å²) >= 11 is 0. The van der Waals surface area contributed by atoms with Gasteiger partial charge in [0.2, 0.25) is 5.91 Å². The van der Waals surface area contributed by atoms with Gasteiger partial charge in [0.1, 0.15) is 5.69 Å². The monoisotopic (exact) mass is 399 g/mol. The number of piperidine rings is 3. The number of carbonyl (C=O) groups excluding carboxylic acids is 2.